The van der Waals surface area contributed by atoms with Gasteiger partial charge in [-0.1, -0.05) is 6.07 Å². The molecule has 1 saturated heterocycles. The number of cyclic esters (lactones) is 1. The first kappa shape index (κ1) is 10.6. The maximum atomic E-state index is 13.0. The lowest BCUT2D eigenvalue weighted by molar-refractivity contribution is -0.147. The molecule has 1 fully saturated rings. The molecular formula is C11H10BrFO2. The predicted molar refractivity (Wildman–Crippen MR) is 56.8 cm³/mol. The number of ether oxygens (including phenoxy) is 1. The number of rotatable bonds is 1. The Balaban J connectivity index is 2.37. The minimum Gasteiger partial charge on any atom is -0.454 e. The highest BCUT2D eigenvalue weighted by Crippen LogP contribution is 2.37. The van der Waals surface area contributed by atoms with Crippen molar-refractivity contribution in [2.45, 2.75) is 25.4 Å². The summed E-state index contributed by atoms with van der Waals surface area (Å²) in [7, 11) is 0. The summed E-state index contributed by atoms with van der Waals surface area (Å²) in [5.41, 5.74) is 0.217. The molecule has 1 aromatic rings. The van der Waals surface area contributed by atoms with Crippen molar-refractivity contribution < 1.29 is 13.9 Å². The molecule has 1 atom stereocenters. The monoisotopic (exact) mass is 272 g/mol. The second-order valence-electron chi connectivity index (χ2n) is 3.83. The van der Waals surface area contributed by atoms with Gasteiger partial charge in [-0.25, -0.2) is 4.39 Å². The minimum absolute atomic E-state index is 0.196. The van der Waals surface area contributed by atoms with Crippen molar-refractivity contribution in [1.29, 1.82) is 0 Å². The second-order valence-corrected chi connectivity index (χ2v) is 4.69. The van der Waals surface area contributed by atoms with Gasteiger partial charge in [0, 0.05) is 12.8 Å². The van der Waals surface area contributed by atoms with Gasteiger partial charge in [0.05, 0.1) is 4.47 Å². The van der Waals surface area contributed by atoms with Crippen LogP contribution in [0, 0.1) is 5.82 Å². The van der Waals surface area contributed by atoms with Gasteiger partial charge in [0.2, 0.25) is 0 Å². The second kappa shape index (κ2) is 3.59. The van der Waals surface area contributed by atoms with Crippen LogP contribution in [-0.2, 0) is 15.1 Å². The van der Waals surface area contributed by atoms with E-state index < -0.39 is 5.60 Å². The van der Waals surface area contributed by atoms with E-state index in [0.29, 0.717) is 17.3 Å². The van der Waals surface area contributed by atoms with Gasteiger partial charge in [0.1, 0.15) is 11.4 Å². The van der Waals surface area contributed by atoms with Gasteiger partial charge in [-0.15, -0.1) is 0 Å². The van der Waals surface area contributed by atoms with Gasteiger partial charge in [0.15, 0.2) is 0 Å². The Morgan fingerprint density at radius 2 is 2.27 bits per heavy atom. The molecule has 1 heterocycles. The maximum Gasteiger partial charge on any atom is 0.306 e. The van der Waals surface area contributed by atoms with Crippen molar-refractivity contribution in [3.63, 3.8) is 0 Å². The Bertz CT molecular complexity index is 419. The van der Waals surface area contributed by atoms with Crippen molar-refractivity contribution in [2.24, 2.45) is 0 Å². The summed E-state index contributed by atoms with van der Waals surface area (Å²) < 4.78 is 18.7. The summed E-state index contributed by atoms with van der Waals surface area (Å²) in [4.78, 5) is 11.1. The Morgan fingerprint density at radius 1 is 1.53 bits per heavy atom. The van der Waals surface area contributed by atoms with Gasteiger partial charge in [-0.3, -0.25) is 4.79 Å². The third-order valence-corrected chi connectivity index (χ3v) is 3.28. The lowest BCUT2D eigenvalue weighted by Crippen LogP contribution is -2.20. The van der Waals surface area contributed by atoms with Crippen molar-refractivity contribution in [1.82, 2.24) is 0 Å². The quantitative estimate of drug-likeness (QED) is 0.735. The fraction of sp³-hybridized carbons (Fsp3) is 0.364. The van der Waals surface area contributed by atoms with E-state index in [-0.39, 0.29) is 11.8 Å². The lowest BCUT2D eigenvalue weighted by Gasteiger charge is -2.23. The first-order valence-electron chi connectivity index (χ1n) is 4.69. The van der Waals surface area contributed by atoms with Crippen LogP contribution in [0.3, 0.4) is 0 Å². The first-order valence-corrected chi connectivity index (χ1v) is 5.48. The van der Waals surface area contributed by atoms with Gasteiger partial charge in [-0.2, -0.15) is 0 Å². The van der Waals surface area contributed by atoms with Crippen LogP contribution in [-0.4, -0.2) is 5.97 Å². The number of carbonyl (C=O) groups excluding carboxylic acids is 1. The fourth-order valence-corrected chi connectivity index (χ4v) is 2.10. The molecule has 0 aromatic heterocycles. The summed E-state index contributed by atoms with van der Waals surface area (Å²) in [5, 5.41) is 0. The van der Waals surface area contributed by atoms with Crippen LogP contribution in [0.4, 0.5) is 4.39 Å². The SMILES string of the molecule is CC1(c2ccc(F)c(Br)c2)CCC(=O)O1. The molecular weight excluding hydrogens is 263 g/mol. The van der Waals surface area contributed by atoms with E-state index in [1.807, 2.05) is 6.92 Å². The van der Waals surface area contributed by atoms with Crippen LogP contribution in [0.5, 0.6) is 0 Å². The molecule has 1 aliphatic rings. The number of benzene rings is 1. The predicted octanol–water partition coefficient (Wildman–Crippen LogP) is 3.14. The van der Waals surface area contributed by atoms with Crippen LogP contribution >= 0.6 is 15.9 Å². The number of halogens is 2. The molecule has 1 aromatic carbocycles. The molecule has 80 valence electrons. The molecule has 1 unspecified atom stereocenters. The average Bonchev–Trinajstić information content (AvgIpc) is 2.52. The lowest BCUT2D eigenvalue weighted by atomic mass is 9.93. The van der Waals surface area contributed by atoms with Crippen LogP contribution in [0.25, 0.3) is 0 Å². The topological polar surface area (TPSA) is 26.3 Å². The van der Waals surface area contributed by atoms with Crippen LogP contribution in [0.15, 0.2) is 22.7 Å². The Morgan fingerprint density at radius 3 is 2.80 bits per heavy atom. The molecule has 0 aliphatic carbocycles. The van der Waals surface area contributed by atoms with E-state index in [2.05, 4.69) is 15.9 Å². The van der Waals surface area contributed by atoms with E-state index in [1.165, 1.54) is 6.07 Å². The highest BCUT2D eigenvalue weighted by Gasteiger charge is 2.37. The first-order chi connectivity index (χ1) is 7.01. The molecule has 0 amide bonds. The maximum absolute atomic E-state index is 13.0. The van der Waals surface area contributed by atoms with Crippen molar-refractivity contribution in [2.75, 3.05) is 0 Å². The van der Waals surface area contributed by atoms with Gasteiger partial charge >= 0.3 is 5.97 Å². The standard InChI is InChI=1S/C11H10BrFO2/c1-11(5-4-10(14)15-11)7-2-3-9(13)8(12)6-7/h2-3,6H,4-5H2,1H3. The summed E-state index contributed by atoms with van der Waals surface area (Å²) in [6.45, 7) is 1.84. The Kier molecular flexibility index (Phi) is 2.54. The molecule has 2 nitrogen and oxygen atoms in total. The van der Waals surface area contributed by atoms with Crippen LogP contribution in [0.2, 0.25) is 0 Å². The third-order valence-electron chi connectivity index (χ3n) is 2.68. The van der Waals surface area contributed by atoms with Crippen molar-refractivity contribution >= 4 is 21.9 Å². The molecule has 0 spiro atoms. The van der Waals surface area contributed by atoms with E-state index in [0.717, 1.165) is 5.56 Å². The molecule has 0 radical (unpaired) electrons. The minimum atomic E-state index is -0.604. The Labute approximate surface area is 95.6 Å². The number of carbonyl (C=O) groups is 1. The van der Waals surface area contributed by atoms with Gasteiger partial charge < -0.3 is 4.74 Å². The van der Waals surface area contributed by atoms with E-state index in [4.69, 9.17) is 4.74 Å². The normalized spacial score (nSPS) is 25.4. The zero-order chi connectivity index (χ0) is 11.1. The molecule has 15 heavy (non-hydrogen) atoms. The molecule has 0 N–H and O–H groups in total. The fourth-order valence-electron chi connectivity index (χ4n) is 1.72. The number of esters is 1. The highest BCUT2D eigenvalue weighted by atomic mass is 79.9. The van der Waals surface area contributed by atoms with Crippen LogP contribution in [0.1, 0.15) is 25.3 Å². The van der Waals surface area contributed by atoms with Gasteiger partial charge in [0.25, 0.3) is 0 Å². The average molecular weight is 273 g/mol. The molecule has 0 saturated carbocycles. The summed E-state index contributed by atoms with van der Waals surface area (Å²) in [5.74, 6) is -0.510. The summed E-state index contributed by atoms with van der Waals surface area (Å²) in [6.07, 6.45) is 1.06. The number of hydrogen-bond donors (Lipinski definition) is 0. The number of hydrogen-bond acceptors (Lipinski definition) is 2. The van der Waals surface area contributed by atoms with Crippen molar-refractivity contribution in [3.8, 4) is 0 Å². The summed E-state index contributed by atoms with van der Waals surface area (Å²) >= 11 is 3.12. The summed E-state index contributed by atoms with van der Waals surface area (Å²) in [6, 6.07) is 4.68. The molecule has 1 aliphatic heterocycles. The van der Waals surface area contributed by atoms with Gasteiger partial charge in [-0.05, 0) is 40.5 Å². The zero-order valence-corrected chi connectivity index (χ0v) is 9.80. The van der Waals surface area contributed by atoms with Crippen molar-refractivity contribution in [3.05, 3.63) is 34.1 Å². The molecule has 4 heteroatoms. The van der Waals surface area contributed by atoms with Crippen LogP contribution < -0.4 is 0 Å². The zero-order valence-electron chi connectivity index (χ0n) is 8.22. The highest BCUT2D eigenvalue weighted by molar-refractivity contribution is 9.10. The Hall–Kier alpha value is -0.900. The van der Waals surface area contributed by atoms with E-state index in [9.17, 15) is 9.18 Å². The molecule has 0 bridgehead atoms. The third kappa shape index (κ3) is 1.91. The van der Waals surface area contributed by atoms with E-state index in [1.54, 1.807) is 12.1 Å². The molecule has 2 rings (SSSR count). The van der Waals surface area contributed by atoms with E-state index >= 15 is 0 Å². The smallest absolute Gasteiger partial charge is 0.306 e. The largest absolute Gasteiger partial charge is 0.454 e.